The highest BCUT2D eigenvalue weighted by atomic mass is 15.1. The van der Waals surface area contributed by atoms with Gasteiger partial charge in [0.15, 0.2) is 0 Å². The highest BCUT2D eigenvalue weighted by Crippen LogP contribution is 2.31. The smallest absolute Gasteiger partial charge is 0.227 e. The van der Waals surface area contributed by atoms with Crippen LogP contribution >= 0.6 is 0 Å². The molecule has 4 rings (SSSR count). The molecule has 0 unspecified atom stereocenters. The first-order chi connectivity index (χ1) is 13.5. The number of nitrogens with zero attached hydrogens (tertiary/aromatic N) is 5. The van der Waals surface area contributed by atoms with Crippen LogP contribution in [0.25, 0.3) is 22.2 Å². The van der Waals surface area contributed by atoms with Crippen molar-refractivity contribution in [3.8, 4) is 17.3 Å². The average molecular weight is 368 g/mol. The lowest BCUT2D eigenvalue weighted by molar-refractivity contribution is 0.622. The molecule has 138 valence electrons. The molecule has 3 aromatic heterocycles. The van der Waals surface area contributed by atoms with Crippen LogP contribution in [0.5, 0.6) is 0 Å². The summed E-state index contributed by atoms with van der Waals surface area (Å²) >= 11 is 0. The van der Waals surface area contributed by atoms with Gasteiger partial charge in [0.05, 0.1) is 29.0 Å². The van der Waals surface area contributed by atoms with Crippen molar-refractivity contribution in [3.05, 3.63) is 66.2 Å². The topological polar surface area (TPSA) is 79.4 Å². The van der Waals surface area contributed by atoms with E-state index in [1.807, 2.05) is 37.4 Å². The Labute approximate surface area is 163 Å². The number of pyridine rings is 1. The van der Waals surface area contributed by atoms with Gasteiger partial charge in [-0.3, -0.25) is 4.98 Å². The summed E-state index contributed by atoms with van der Waals surface area (Å²) in [5.41, 5.74) is 5.36. The molecular formula is C22H20N6. The van der Waals surface area contributed by atoms with Gasteiger partial charge in [-0.15, -0.1) is 0 Å². The lowest BCUT2D eigenvalue weighted by atomic mass is 10.1. The van der Waals surface area contributed by atoms with Crippen molar-refractivity contribution in [2.45, 2.75) is 26.8 Å². The fourth-order valence-electron chi connectivity index (χ4n) is 3.35. The van der Waals surface area contributed by atoms with E-state index < -0.39 is 0 Å². The maximum absolute atomic E-state index is 9.18. The van der Waals surface area contributed by atoms with E-state index in [-0.39, 0.29) is 0 Å². The minimum atomic E-state index is 0.316. The van der Waals surface area contributed by atoms with Crippen LogP contribution in [-0.2, 0) is 0 Å². The molecule has 0 aliphatic carbocycles. The van der Waals surface area contributed by atoms with Crippen molar-refractivity contribution in [2.24, 2.45) is 0 Å². The lowest BCUT2D eigenvalue weighted by Gasteiger charge is -2.08. The second-order valence-corrected chi connectivity index (χ2v) is 7.03. The van der Waals surface area contributed by atoms with Crippen LogP contribution in [0, 0.1) is 18.3 Å². The predicted octanol–water partition coefficient (Wildman–Crippen LogP) is 5.00. The molecule has 6 heteroatoms. The van der Waals surface area contributed by atoms with E-state index in [9.17, 15) is 5.26 Å². The number of nitrogens with one attached hydrogen (secondary N) is 1. The largest absolute Gasteiger partial charge is 0.343 e. The zero-order chi connectivity index (χ0) is 19.7. The minimum Gasteiger partial charge on any atom is -0.343 e. The van der Waals surface area contributed by atoms with E-state index in [1.165, 1.54) is 0 Å². The fourth-order valence-corrected chi connectivity index (χ4v) is 3.35. The molecule has 1 N–H and O–H groups in total. The number of rotatable bonds is 4. The SMILES string of the molecule is Cc1cc(C#N)cc(Nc2nccc(-c3cn(C(C)C)c4cnccc34)n2)c1. The van der Waals surface area contributed by atoms with E-state index in [0.717, 1.165) is 33.4 Å². The van der Waals surface area contributed by atoms with Crippen molar-refractivity contribution in [2.75, 3.05) is 5.32 Å². The second-order valence-electron chi connectivity index (χ2n) is 7.03. The zero-order valence-electron chi connectivity index (χ0n) is 16.0. The Balaban J connectivity index is 1.75. The predicted molar refractivity (Wildman–Crippen MR) is 110 cm³/mol. The van der Waals surface area contributed by atoms with Gasteiger partial charge in [0.2, 0.25) is 5.95 Å². The van der Waals surface area contributed by atoms with Crippen LogP contribution in [0.2, 0.25) is 0 Å². The number of hydrogen-bond acceptors (Lipinski definition) is 5. The number of fused-ring (bicyclic) bond motifs is 1. The molecule has 1 aromatic carbocycles. The number of hydrogen-bond donors (Lipinski definition) is 1. The maximum Gasteiger partial charge on any atom is 0.227 e. The molecule has 28 heavy (non-hydrogen) atoms. The normalized spacial score (nSPS) is 11.0. The van der Waals surface area contributed by atoms with Crippen LogP contribution in [0.3, 0.4) is 0 Å². The fraction of sp³-hybridized carbons (Fsp3) is 0.182. The molecule has 0 saturated carbocycles. The molecule has 0 radical (unpaired) electrons. The molecule has 0 amide bonds. The number of aromatic nitrogens is 4. The molecule has 0 spiro atoms. The Morgan fingerprint density at radius 1 is 1.14 bits per heavy atom. The van der Waals surface area contributed by atoms with E-state index >= 15 is 0 Å². The summed E-state index contributed by atoms with van der Waals surface area (Å²) in [5.74, 6) is 0.492. The summed E-state index contributed by atoms with van der Waals surface area (Å²) in [4.78, 5) is 13.3. The van der Waals surface area contributed by atoms with Crippen molar-refractivity contribution in [1.82, 2.24) is 19.5 Å². The first-order valence-electron chi connectivity index (χ1n) is 9.12. The summed E-state index contributed by atoms with van der Waals surface area (Å²) < 4.78 is 2.20. The quantitative estimate of drug-likeness (QED) is 0.548. The van der Waals surface area contributed by atoms with Gasteiger partial charge in [0.25, 0.3) is 0 Å². The third-order valence-electron chi connectivity index (χ3n) is 4.59. The van der Waals surface area contributed by atoms with E-state index in [1.54, 1.807) is 18.5 Å². The zero-order valence-corrected chi connectivity index (χ0v) is 16.0. The summed E-state index contributed by atoms with van der Waals surface area (Å²) in [7, 11) is 0. The van der Waals surface area contributed by atoms with Gasteiger partial charge in [-0.25, -0.2) is 9.97 Å². The summed E-state index contributed by atoms with van der Waals surface area (Å²) in [6.07, 6.45) is 7.54. The maximum atomic E-state index is 9.18. The van der Waals surface area contributed by atoms with Crippen molar-refractivity contribution < 1.29 is 0 Å². The molecular weight excluding hydrogens is 348 g/mol. The Bertz CT molecular complexity index is 1200. The summed E-state index contributed by atoms with van der Waals surface area (Å²) in [6, 6.07) is 12.0. The Morgan fingerprint density at radius 3 is 2.79 bits per heavy atom. The highest BCUT2D eigenvalue weighted by molar-refractivity contribution is 5.94. The van der Waals surface area contributed by atoms with Gasteiger partial charge in [0, 0.05) is 41.3 Å². The molecule has 0 aliphatic rings. The Kier molecular flexibility index (Phi) is 4.50. The number of aryl methyl sites for hydroxylation is 1. The Morgan fingerprint density at radius 2 is 2.00 bits per heavy atom. The summed E-state index contributed by atoms with van der Waals surface area (Å²) in [6.45, 7) is 6.25. The van der Waals surface area contributed by atoms with Crippen LogP contribution in [-0.4, -0.2) is 19.5 Å². The third-order valence-corrected chi connectivity index (χ3v) is 4.59. The van der Waals surface area contributed by atoms with Gasteiger partial charge < -0.3 is 9.88 Å². The first kappa shape index (κ1) is 17.7. The van der Waals surface area contributed by atoms with E-state index in [4.69, 9.17) is 4.98 Å². The van der Waals surface area contributed by atoms with Gasteiger partial charge in [0.1, 0.15) is 0 Å². The number of benzene rings is 1. The van der Waals surface area contributed by atoms with E-state index in [0.29, 0.717) is 17.6 Å². The molecule has 0 fully saturated rings. The third kappa shape index (κ3) is 3.30. The molecule has 6 nitrogen and oxygen atoms in total. The van der Waals surface area contributed by atoms with Gasteiger partial charge in [-0.05, 0) is 56.7 Å². The molecule has 0 bridgehead atoms. The van der Waals surface area contributed by atoms with Crippen LogP contribution in [0.4, 0.5) is 11.6 Å². The molecule has 0 atom stereocenters. The van der Waals surface area contributed by atoms with Gasteiger partial charge in [-0.1, -0.05) is 0 Å². The van der Waals surface area contributed by atoms with Crippen LogP contribution in [0.1, 0.15) is 31.0 Å². The standard InChI is InChI=1S/C22H20N6/c1-14(2)28-13-19(18-4-6-24-12-21(18)28)20-5-7-25-22(27-20)26-17-9-15(3)8-16(10-17)11-23/h4-10,12-14H,1-3H3,(H,25,26,27). The van der Waals surface area contributed by atoms with Crippen LogP contribution in [0.15, 0.2) is 55.1 Å². The molecule has 0 aliphatic heterocycles. The lowest BCUT2D eigenvalue weighted by Crippen LogP contribution is -1.99. The first-order valence-corrected chi connectivity index (χ1v) is 9.12. The molecule has 3 heterocycles. The monoisotopic (exact) mass is 368 g/mol. The molecule has 4 aromatic rings. The van der Waals surface area contributed by atoms with Crippen LogP contribution < -0.4 is 5.32 Å². The second kappa shape index (κ2) is 7.12. The van der Waals surface area contributed by atoms with Crippen molar-refractivity contribution in [1.29, 1.82) is 5.26 Å². The van der Waals surface area contributed by atoms with Gasteiger partial charge in [-0.2, -0.15) is 5.26 Å². The molecule has 0 saturated heterocycles. The average Bonchev–Trinajstić information content (AvgIpc) is 3.08. The Hall–Kier alpha value is -3.72. The number of nitriles is 1. The van der Waals surface area contributed by atoms with Gasteiger partial charge >= 0.3 is 0 Å². The van der Waals surface area contributed by atoms with Crippen molar-refractivity contribution in [3.63, 3.8) is 0 Å². The van der Waals surface area contributed by atoms with E-state index in [2.05, 4.69) is 46.0 Å². The van der Waals surface area contributed by atoms with Crippen molar-refractivity contribution >= 4 is 22.5 Å². The number of anilines is 2. The summed E-state index contributed by atoms with van der Waals surface area (Å²) in [5, 5.41) is 13.5. The highest BCUT2D eigenvalue weighted by Gasteiger charge is 2.14. The minimum absolute atomic E-state index is 0.316.